The number of nitrogens with zero attached hydrogens (tertiary/aromatic N) is 5. The van der Waals surface area contributed by atoms with Crippen LogP contribution < -0.4 is 15.5 Å². The van der Waals surface area contributed by atoms with E-state index in [-0.39, 0.29) is 11.7 Å². The van der Waals surface area contributed by atoms with Gasteiger partial charge in [0, 0.05) is 5.25 Å². The Morgan fingerprint density at radius 3 is 2.90 bits per heavy atom. The van der Waals surface area contributed by atoms with Crippen LogP contribution in [0.15, 0.2) is 38.9 Å². The summed E-state index contributed by atoms with van der Waals surface area (Å²) in [4.78, 5) is 16.4. The highest BCUT2D eigenvalue weighted by atomic mass is 32.2. The molecule has 2 aromatic heterocycles. The molecule has 0 saturated carbocycles. The minimum atomic E-state index is -0.196. The Morgan fingerprint density at radius 2 is 2.16 bits per heavy atom. The molecule has 2 heterocycles. The maximum Gasteiger partial charge on any atom is 0.240 e. The average Bonchev–Trinajstić information content (AvgIpc) is 3.42. The van der Waals surface area contributed by atoms with E-state index < -0.39 is 0 Å². The first-order valence-corrected chi connectivity index (χ1v) is 12.0. The Kier molecular flexibility index (Phi) is 8.67. The van der Waals surface area contributed by atoms with Gasteiger partial charge in [-0.1, -0.05) is 48.7 Å². The summed E-state index contributed by atoms with van der Waals surface area (Å²) in [5.74, 6) is 1.11. The van der Waals surface area contributed by atoms with Crippen molar-refractivity contribution in [2.45, 2.75) is 35.0 Å². The van der Waals surface area contributed by atoms with Crippen molar-refractivity contribution >= 4 is 58.1 Å². The first-order chi connectivity index (χ1) is 15.1. The molecule has 0 bridgehead atoms. The lowest BCUT2D eigenvalue weighted by Gasteiger charge is -2.02. The lowest BCUT2D eigenvalue weighted by Crippen LogP contribution is -2.13. The van der Waals surface area contributed by atoms with Crippen molar-refractivity contribution < 1.29 is 9.53 Å². The summed E-state index contributed by atoms with van der Waals surface area (Å²) in [5, 5.41) is 23.1. The Morgan fingerprint density at radius 1 is 1.35 bits per heavy atom. The molecule has 1 aromatic carbocycles. The summed E-state index contributed by atoms with van der Waals surface area (Å²) in [6.45, 7) is 4.25. The van der Waals surface area contributed by atoms with E-state index >= 15 is 0 Å². The molecular weight excluding hydrogens is 456 g/mol. The molecule has 0 saturated heterocycles. The summed E-state index contributed by atoms with van der Waals surface area (Å²) < 4.78 is 5.96. The molecular formula is C18H22N8O2S3. The van der Waals surface area contributed by atoms with E-state index in [1.807, 2.05) is 24.3 Å². The second-order valence-corrected chi connectivity index (χ2v) is 9.76. The van der Waals surface area contributed by atoms with Crippen molar-refractivity contribution in [3.05, 3.63) is 29.8 Å². The number of methoxy groups -OCH3 is 1. The zero-order valence-electron chi connectivity index (χ0n) is 17.2. The molecule has 0 aliphatic heterocycles. The van der Waals surface area contributed by atoms with Gasteiger partial charge in [0.25, 0.3) is 0 Å². The number of carbonyl (C=O) groups is 1. The lowest BCUT2D eigenvalue weighted by molar-refractivity contribution is -0.113. The Balaban J connectivity index is 1.42. The molecule has 164 valence electrons. The molecule has 3 aromatic rings. The van der Waals surface area contributed by atoms with Crippen LogP contribution in [0.4, 0.5) is 11.1 Å². The number of aromatic amines is 1. The van der Waals surface area contributed by atoms with E-state index in [9.17, 15) is 4.79 Å². The fourth-order valence-corrected chi connectivity index (χ4v) is 4.68. The number of benzene rings is 1. The third-order valence-electron chi connectivity index (χ3n) is 3.83. The van der Waals surface area contributed by atoms with E-state index in [0.29, 0.717) is 21.5 Å². The zero-order valence-corrected chi connectivity index (χ0v) is 19.6. The van der Waals surface area contributed by atoms with Gasteiger partial charge in [0.1, 0.15) is 5.75 Å². The molecule has 10 nitrogen and oxygen atoms in total. The van der Waals surface area contributed by atoms with Crippen LogP contribution in [0.3, 0.4) is 0 Å². The molecule has 0 aliphatic rings. The average molecular weight is 479 g/mol. The fourth-order valence-electron chi connectivity index (χ4n) is 2.07. The second kappa shape index (κ2) is 11.7. The molecule has 3 N–H and O–H groups in total. The first-order valence-electron chi connectivity index (χ1n) is 9.34. The van der Waals surface area contributed by atoms with Crippen molar-refractivity contribution in [2.24, 2.45) is 5.10 Å². The number of ether oxygens (including phenoxy) is 1. The smallest absolute Gasteiger partial charge is 0.240 e. The fraction of sp³-hybridized carbons (Fsp3) is 0.333. The second-order valence-electron chi connectivity index (χ2n) is 6.16. The van der Waals surface area contributed by atoms with Crippen LogP contribution in [0.2, 0.25) is 0 Å². The number of H-pyrrole nitrogens is 1. The standard InChI is InChI=1S/C18H22N8O2S3/c1-4-11(2)30-18-26-25-17(31-18)20-14(27)10-29-16-21-15(23-24-16)22-19-9-12-5-7-13(28-3)8-6-12/h5-9,11H,4,10H2,1-3H3,(H,20,25,27)(H2,21,22,23,24)/b19-9-/t11-/m0/s1. The quantitative estimate of drug-likeness (QED) is 0.163. The van der Waals surface area contributed by atoms with E-state index in [0.717, 1.165) is 22.1 Å². The predicted molar refractivity (Wildman–Crippen MR) is 125 cm³/mol. The number of nitrogens with one attached hydrogen (secondary N) is 3. The Labute approximate surface area is 192 Å². The predicted octanol–water partition coefficient (Wildman–Crippen LogP) is 3.73. The minimum Gasteiger partial charge on any atom is -0.497 e. The van der Waals surface area contributed by atoms with Crippen LogP contribution in [0.25, 0.3) is 0 Å². The molecule has 0 radical (unpaired) electrons. The van der Waals surface area contributed by atoms with Gasteiger partial charge in [0.15, 0.2) is 4.34 Å². The van der Waals surface area contributed by atoms with Crippen LogP contribution in [-0.4, -0.2) is 55.6 Å². The first kappa shape index (κ1) is 23.0. The topological polar surface area (TPSA) is 130 Å². The number of anilines is 2. The van der Waals surface area contributed by atoms with Crippen molar-refractivity contribution in [3.63, 3.8) is 0 Å². The highest BCUT2D eigenvalue weighted by molar-refractivity contribution is 8.01. The van der Waals surface area contributed by atoms with Crippen LogP contribution in [0, 0.1) is 0 Å². The van der Waals surface area contributed by atoms with Crippen molar-refractivity contribution in [3.8, 4) is 5.75 Å². The summed E-state index contributed by atoms with van der Waals surface area (Å²) in [6, 6.07) is 7.47. The highest BCUT2D eigenvalue weighted by Gasteiger charge is 2.12. The van der Waals surface area contributed by atoms with E-state index in [1.165, 1.54) is 23.1 Å². The molecule has 3 rings (SSSR count). The summed E-state index contributed by atoms with van der Waals surface area (Å²) in [5.41, 5.74) is 3.67. The van der Waals surface area contributed by atoms with Gasteiger partial charge in [-0.25, -0.2) is 10.5 Å². The zero-order chi connectivity index (χ0) is 22.1. The Bertz CT molecular complexity index is 1010. The molecule has 0 spiro atoms. The van der Waals surface area contributed by atoms with Crippen LogP contribution in [-0.2, 0) is 4.79 Å². The maximum atomic E-state index is 12.1. The minimum absolute atomic E-state index is 0.153. The monoisotopic (exact) mass is 478 g/mol. The van der Waals surface area contributed by atoms with Gasteiger partial charge >= 0.3 is 0 Å². The van der Waals surface area contributed by atoms with Crippen molar-refractivity contribution in [1.29, 1.82) is 0 Å². The highest BCUT2D eigenvalue weighted by Crippen LogP contribution is 2.30. The molecule has 0 aliphatic carbocycles. The number of aromatic nitrogens is 5. The maximum absolute atomic E-state index is 12.1. The van der Waals surface area contributed by atoms with E-state index in [1.54, 1.807) is 25.1 Å². The largest absolute Gasteiger partial charge is 0.497 e. The third kappa shape index (κ3) is 7.52. The lowest BCUT2D eigenvalue weighted by atomic mass is 10.2. The molecule has 1 amide bonds. The van der Waals surface area contributed by atoms with Crippen LogP contribution >= 0.6 is 34.9 Å². The summed E-state index contributed by atoms with van der Waals surface area (Å²) >= 11 is 4.22. The van der Waals surface area contributed by atoms with Gasteiger partial charge in [-0.2, -0.15) is 10.1 Å². The number of thioether (sulfide) groups is 2. The molecule has 1 atom stereocenters. The summed E-state index contributed by atoms with van der Waals surface area (Å²) in [6.07, 6.45) is 2.70. The number of hydrogen-bond donors (Lipinski definition) is 3. The van der Waals surface area contributed by atoms with Crippen LogP contribution in [0.5, 0.6) is 5.75 Å². The Hall–Kier alpha value is -2.64. The number of hydrazone groups is 1. The number of amides is 1. The van der Waals surface area contributed by atoms with Gasteiger partial charge in [-0.05, 0) is 36.2 Å². The third-order valence-corrected chi connectivity index (χ3v) is 6.87. The van der Waals surface area contributed by atoms with Crippen LogP contribution in [0.1, 0.15) is 25.8 Å². The van der Waals surface area contributed by atoms with E-state index in [2.05, 4.69) is 55.1 Å². The molecule has 0 fully saturated rings. The molecule has 31 heavy (non-hydrogen) atoms. The van der Waals surface area contributed by atoms with E-state index in [4.69, 9.17) is 4.74 Å². The van der Waals surface area contributed by atoms with Gasteiger partial charge in [-0.15, -0.1) is 15.3 Å². The SMILES string of the molecule is CC[C@H](C)Sc1nnc(NC(=O)CSc2n[nH]c(N/N=C\c3ccc(OC)cc3)n2)s1. The van der Waals surface area contributed by atoms with Gasteiger partial charge in [-0.3, -0.25) is 10.1 Å². The molecule has 13 heteroatoms. The van der Waals surface area contributed by atoms with Gasteiger partial charge < -0.3 is 4.74 Å². The van der Waals surface area contributed by atoms with Gasteiger partial charge in [0.05, 0.1) is 19.1 Å². The number of carbonyl (C=O) groups excluding carboxylic acids is 1. The number of hydrogen-bond acceptors (Lipinski definition) is 11. The van der Waals surface area contributed by atoms with Crippen molar-refractivity contribution in [2.75, 3.05) is 23.6 Å². The van der Waals surface area contributed by atoms with Gasteiger partial charge in [0.2, 0.25) is 22.1 Å². The van der Waals surface area contributed by atoms with Crippen molar-refractivity contribution in [1.82, 2.24) is 25.4 Å². The molecule has 0 unspecified atom stereocenters. The number of rotatable bonds is 11. The summed E-state index contributed by atoms with van der Waals surface area (Å²) in [7, 11) is 1.62. The normalized spacial score (nSPS) is 12.1.